The van der Waals surface area contributed by atoms with Crippen LogP contribution >= 0.6 is 39.5 Å². The molecule has 0 radical (unpaired) electrons. The molecule has 0 atom stereocenters. The number of halogens is 2. The van der Waals surface area contributed by atoms with Crippen molar-refractivity contribution in [2.24, 2.45) is 0 Å². The van der Waals surface area contributed by atoms with Gasteiger partial charge in [-0.15, -0.1) is 0 Å². The molecule has 1 heterocycles. The predicted octanol–water partition coefficient (Wildman–Crippen LogP) is 7.39. The molecule has 2 N–H and O–H groups in total. The van der Waals surface area contributed by atoms with E-state index in [0.717, 1.165) is 11.1 Å². The minimum Gasteiger partial charge on any atom is -0.458 e. The molecule has 3 aromatic carbocycles. The second-order valence-electron chi connectivity index (χ2n) is 7.84. The quantitative estimate of drug-likeness (QED) is 0.0665. The highest BCUT2D eigenvalue weighted by atomic mass is 79.9. The van der Waals surface area contributed by atoms with Crippen LogP contribution < -0.4 is 14.9 Å². The molecule has 4 aromatic rings. The molecule has 0 aliphatic carbocycles. The van der Waals surface area contributed by atoms with Crippen LogP contribution in [0.5, 0.6) is 11.5 Å². The summed E-state index contributed by atoms with van der Waals surface area (Å²) in [5.74, 6) is 0.919. The molecule has 0 aliphatic heterocycles. The van der Waals surface area contributed by atoms with Crippen LogP contribution in [0.4, 0.5) is 5.69 Å². The second-order valence-corrected chi connectivity index (χ2v) is 11.4. The molecule has 1 aromatic heterocycles. The minimum atomic E-state index is -3.32. The van der Waals surface area contributed by atoms with Crippen molar-refractivity contribution in [3.63, 3.8) is 0 Å². The highest BCUT2D eigenvalue weighted by Crippen LogP contribution is 2.40. The fourth-order valence-corrected chi connectivity index (χ4v) is 5.98. The van der Waals surface area contributed by atoms with Crippen LogP contribution in [0.1, 0.15) is 5.76 Å². The number of ether oxygens (including phenoxy) is 1. The van der Waals surface area contributed by atoms with E-state index in [2.05, 4.69) is 42.0 Å². The molecule has 0 fully saturated rings. The number of hydrogen-bond donors (Lipinski definition) is 2. The number of nitrogens with zero attached hydrogens (tertiary/aromatic N) is 1. The molecule has 0 aliphatic rings. The first-order chi connectivity index (χ1) is 17.9. The summed E-state index contributed by atoms with van der Waals surface area (Å²) in [6.07, 6.45) is 0. The summed E-state index contributed by atoms with van der Waals surface area (Å²) in [7, 11) is -3.32. The minimum absolute atomic E-state index is 0.0851. The van der Waals surface area contributed by atoms with Gasteiger partial charge in [-0.1, -0.05) is 74.3 Å². The Kier molecular flexibility index (Phi) is 9.53. The van der Waals surface area contributed by atoms with Gasteiger partial charge in [-0.2, -0.15) is 0 Å². The van der Waals surface area contributed by atoms with Crippen molar-refractivity contribution in [2.75, 3.05) is 23.7 Å². The van der Waals surface area contributed by atoms with Crippen LogP contribution in [0, 0.1) is 10.1 Å². The van der Waals surface area contributed by atoms with Crippen LogP contribution in [0.2, 0.25) is 0 Å². The highest BCUT2D eigenvalue weighted by molar-refractivity contribution is 9.09. The van der Waals surface area contributed by atoms with Gasteiger partial charge in [-0.05, 0) is 35.4 Å². The van der Waals surface area contributed by atoms with Crippen molar-refractivity contribution in [3.8, 4) is 22.6 Å². The topological polar surface area (TPSA) is 116 Å². The first-order valence-electron chi connectivity index (χ1n) is 11.3. The van der Waals surface area contributed by atoms with Crippen LogP contribution in [0.15, 0.2) is 77.2 Å². The summed E-state index contributed by atoms with van der Waals surface area (Å²) in [4.78, 5) is 11.2. The zero-order chi connectivity index (χ0) is 26.3. The molecule has 0 unspecified atom stereocenters. The monoisotopic (exact) mass is 651 g/mol. The number of rotatable bonds is 13. The number of furan rings is 1. The van der Waals surface area contributed by atoms with E-state index in [1.807, 2.05) is 42.5 Å². The predicted molar refractivity (Wildman–Crippen MR) is 151 cm³/mol. The molecule has 0 saturated carbocycles. The lowest BCUT2D eigenvalue weighted by molar-refractivity contribution is -0.385. The third-order valence-electron chi connectivity index (χ3n) is 5.25. The van der Waals surface area contributed by atoms with Crippen molar-refractivity contribution >= 4 is 56.2 Å². The first-order valence-corrected chi connectivity index (χ1v) is 15.2. The van der Waals surface area contributed by atoms with E-state index in [9.17, 15) is 14.7 Å². The van der Waals surface area contributed by atoms with Gasteiger partial charge in [0.05, 0.1) is 11.0 Å². The van der Waals surface area contributed by atoms with Gasteiger partial charge < -0.3 is 9.15 Å². The molecule has 0 saturated heterocycles. The Hall–Kier alpha value is -2.53. The summed E-state index contributed by atoms with van der Waals surface area (Å²) < 4.78 is 30.3. The largest absolute Gasteiger partial charge is 0.458 e. The molecular formula is C25H24Br2N3O6P. The Morgan fingerprint density at radius 3 is 2.19 bits per heavy atom. The fourth-order valence-electron chi connectivity index (χ4n) is 3.56. The smallest absolute Gasteiger partial charge is 0.341 e. The second kappa shape index (κ2) is 12.8. The van der Waals surface area contributed by atoms with Crippen molar-refractivity contribution in [1.29, 1.82) is 0 Å². The van der Waals surface area contributed by atoms with Gasteiger partial charge in [0.15, 0.2) is 0 Å². The van der Waals surface area contributed by atoms with Crippen molar-refractivity contribution < 1.29 is 23.2 Å². The summed E-state index contributed by atoms with van der Waals surface area (Å²) in [6, 6.07) is 21.8. The van der Waals surface area contributed by atoms with Crippen molar-refractivity contribution in [2.45, 2.75) is 6.61 Å². The highest BCUT2D eigenvalue weighted by Gasteiger charge is 2.24. The average molecular weight is 653 g/mol. The van der Waals surface area contributed by atoms with Gasteiger partial charge in [-0.3, -0.25) is 19.2 Å². The van der Waals surface area contributed by atoms with Gasteiger partial charge in [0, 0.05) is 29.1 Å². The van der Waals surface area contributed by atoms with Crippen LogP contribution in [0.25, 0.3) is 22.1 Å². The average Bonchev–Trinajstić information content (AvgIpc) is 3.32. The lowest BCUT2D eigenvalue weighted by atomic mass is 10.1. The Morgan fingerprint density at radius 2 is 1.57 bits per heavy atom. The Labute approximate surface area is 230 Å². The van der Waals surface area contributed by atoms with E-state index >= 15 is 0 Å². The summed E-state index contributed by atoms with van der Waals surface area (Å²) >= 11 is 6.58. The number of benzene rings is 3. The lowest BCUT2D eigenvalue weighted by Crippen LogP contribution is -2.26. The van der Waals surface area contributed by atoms with E-state index < -0.39 is 12.6 Å². The summed E-state index contributed by atoms with van der Waals surface area (Å²) in [5, 5.41) is 19.3. The van der Waals surface area contributed by atoms with Gasteiger partial charge in [0.2, 0.25) is 5.75 Å². The maximum atomic E-state index is 13.0. The van der Waals surface area contributed by atoms with Gasteiger partial charge >= 0.3 is 13.4 Å². The van der Waals surface area contributed by atoms with E-state index in [4.69, 9.17) is 13.7 Å². The molecule has 4 rings (SSSR count). The molecular weight excluding hydrogens is 629 g/mol. The van der Waals surface area contributed by atoms with Crippen LogP contribution in [-0.2, 0) is 15.7 Å². The maximum absolute atomic E-state index is 13.0. The molecule has 0 amide bonds. The van der Waals surface area contributed by atoms with Crippen molar-refractivity contribution in [1.82, 2.24) is 10.2 Å². The van der Waals surface area contributed by atoms with E-state index in [1.54, 1.807) is 24.3 Å². The SMILES string of the molecule is O=[N+]([O-])c1cc2oc(COP(=O)(NCCBr)NCCBr)cc2cc1Oc1ccc(-c2ccccc2)cc1. The number of nitro benzene ring substituents is 1. The summed E-state index contributed by atoms with van der Waals surface area (Å²) in [5.41, 5.74) is 2.13. The molecule has 12 heteroatoms. The molecule has 0 bridgehead atoms. The van der Waals surface area contributed by atoms with E-state index in [-0.39, 0.29) is 18.0 Å². The number of fused-ring (bicyclic) bond motifs is 1. The van der Waals surface area contributed by atoms with E-state index in [0.29, 0.717) is 46.2 Å². The Balaban J connectivity index is 1.54. The standard InChI is InChI=1S/C25H24Br2N3O6P/c26-10-12-28-37(33,29-13-11-27)34-17-22-14-20-15-25(23(30(31)32)16-24(20)36-22)35-21-8-6-19(7-9-21)18-4-2-1-3-5-18/h1-9,14-16H,10-13,17H2,(H2,28,29,33). The van der Waals surface area contributed by atoms with Gasteiger partial charge in [0.25, 0.3) is 0 Å². The molecule has 37 heavy (non-hydrogen) atoms. The summed E-state index contributed by atoms with van der Waals surface area (Å²) in [6.45, 7) is 0.777. The number of alkyl halides is 2. The third kappa shape index (κ3) is 7.28. The zero-order valence-electron chi connectivity index (χ0n) is 19.6. The lowest BCUT2D eigenvalue weighted by Gasteiger charge is -2.19. The first kappa shape index (κ1) is 27.5. The third-order valence-corrected chi connectivity index (χ3v) is 7.82. The fraction of sp³-hybridized carbons (Fsp3) is 0.200. The van der Waals surface area contributed by atoms with Crippen LogP contribution in [0.3, 0.4) is 0 Å². The Bertz CT molecular complexity index is 1390. The van der Waals surface area contributed by atoms with Gasteiger partial charge in [-0.25, -0.2) is 10.2 Å². The number of nitro groups is 1. The molecule has 9 nitrogen and oxygen atoms in total. The normalized spacial score (nSPS) is 11.6. The van der Waals surface area contributed by atoms with Crippen molar-refractivity contribution in [3.05, 3.63) is 88.7 Å². The number of nitrogens with one attached hydrogen (secondary N) is 2. The Morgan fingerprint density at radius 1 is 0.919 bits per heavy atom. The molecule has 0 spiro atoms. The number of hydrogen-bond acceptors (Lipinski definition) is 6. The zero-order valence-corrected chi connectivity index (χ0v) is 23.6. The van der Waals surface area contributed by atoms with Gasteiger partial charge in [0.1, 0.15) is 23.7 Å². The molecule has 194 valence electrons. The maximum Gasteiger partial charge on any atom is 0.341 e. The van der Waals surface area contributed by atoms with Crippen LogP contribution in [-0.4, -0.2) is 28.7 Å². The van der Waals surface area contributed by atoms with E-state index in [1.165, 1.54) is 6.07 Å².